The van der Waals surface area contributed by atoms with Gasteiger partial charge in [0.15, 0.2) is 0 Å². The molecule has 17 heavy (non-hydrogen) atoms. The number of rotatable bonds is 2. The molecule has 1 aliphatic rings. The molecule has 1 atom stereocenters. The highest BCUT2D eigenvalue weighted by molar-refractivity contribution is 5.71. The van der Waals surface area contributed by atoms with Gasteiger partial charge in [0.2, 0.25) is 0 Å². The Hall–Kier alpha value is -1.55. The molecule has 0 saturated carbocycles. The highest BCUT2D eigenvalue weighted by Gasteiger charge is 2.24. The second kappa shape index (κ2) is 5.19. The molecule has 1 aromatic rings. The molecule has 2 rings (SSSR count). The van der Waals surface area contributed by atoms with E-state index in [0.29, 0.717) is 18.8 Å². The van der Waals surface area contributed by atoms with E-state index in [0.717, 1.165) is 12.8 Å². The van der Waals surface area contributed by atoms with E-state index in [1.807, 2.05) is 24.3 Å². The summed E-state index contributed by atoms with van der Waals surface area (Å²) in [6.45, 7) is 3.37. The average molecular weight is 234 g/mol. The number of nitrogens with two attached hydrogens (primary N) is 1. The van der Waals surface area contributed by atoms with Gasteiger partial charge in [-0.15, -0.1) is 0 Å². The van der Waals surface area contributed by atoms with Gasteiger partial charge in [0, 0.05) is 19.1 Å². The molecule has 1 aromatic carbocycles. The molecule has 1 saturated heterocycles. The lowest BCUT2D eigenvalue weighted by Gasteiger charge is -2.15. The molecule has 0 aromatic heterocycles. The van der Waals surface area contributed by atoms with Gasteiger partial charge in [0.25, 0.3) is 0 Å². The number of hydrogen-bond acceptors (Lipinski definition) is 3. The second-order valence-corrected chi connectivity index (χ2v) is 4.36. The van der Waals surface area contributed by atoms with Gasteiger partial charge < -0.3 is 15.4 Å². The first-order valence-electron chi connectivity index (χ1n) is 6.00. The molecule has 1 amide bonds. The number of carbonyl (C=O) groups excluding carboxylic acids is 1. The van der Waals surface area contributed by atoms with Gasteiger partial charge in [0.1, 0.15) is 5.75 Å². The zero-order valence-electron chi connectivity index (χ0n) is 10.1. The molecule has 1 fully saturated rings. The van der Waals surface area contributed by atoms with E-state index < -0.39 is 0 Å². The fraction of sp³-hybridized carbons (Fsp3) is 0.462. The predicted molar refractivity (Wildman–Crippen MR) is 66.0 cm³/mol. The molecule has 1 heterocycles. The highest BCUT2D eigenvalue weighted by atomic mass is 16.6. The van der Waals surface area contributed by atoms with Crippen LogP contribution in [-0.4, -0.2) is 30.1 Å². The summed E-state index contributed by atoms with van der Waals surface area (Å²) >= 11 is 0. The maximum atomic E-state index is 11.8. The molecule has 4 nitrogen and oxygen atoms in total. The Morgan fingerprint density at radius 3 is 2.71 bits per heavy atom. The second-order valence-electron chi connectivity index (χ2n) is 4.36. The largest absolute Gasteiger partial charge is 0.415 e. The van der Waals surface area contributed by atoms with Crippen LogP contribution in [0.1, 0.15) is 18.9 Å². The Balaban J connectivity index is 1.93. The van der Waals surface area contributed by atoms with E-state index in [9.17, 15) is 4.79 Å². The molecule has 2 N–H and O–H groups in total. The number of ether oxygens (including phenoxy) is 1. The predicted octanol–water partition coefficient (Wildman–Crippen LogP) is 1.78. The van der Waals surface area contributed by atoms with Crippen LogP contribution >= 0.6 is 0 Å². The summed E-state index contributed by atoms with van der Waals surface area (Å²) in [6, 6.07) is 7.68. The maximum Gasteiger partial charge on any atom is 0.415 e. The molecule has 0 radical (unpaired) electrons. The summed E-state index contributed by atoms with van der Waals surface area (Å²) in [5.74, 6) is 0.590. The molecule has 1 aliphatic heterocycles. The Kier molecular flexibility index (Phi) is 3.64. The topological polar surface area (TPSA) is 55.6 Å². The molecule has 0 bridgehead atoms. The summed E-state index contributed by atoms with van der Waals surface area (Å²) < 4.78 is 5.28. The van der Waals surface area contributed by atoms with Crippen LogP contribution in [0.3, 0.4) is 0 Å². The van der Waals surface area contributed by atoms with Crippen molar-refractivity contribution in [2.75, 3.05) is 13.1 Å². The van der Waals surface area contributed by atoms with Crippen molar-refractivity contribution in [2.45, 2.75) is 25.8 Å². The van der Waals surface area contributed by atoms with E-state index in [-0.39, 0.29) is 12.1 Å². The Bertz CT molecular complexity index is 389. The third-order valence-corrected chi connectivity index (χ3v) is 3.02. The van der Waals surface area contributed by atoms with Crippen LogP contribution < -0.4 is 10.5 Å². The van der Waals surface area contributed by atoms with Crippen molar-refractivity contribution < 1.29 is 9.53 Å². The van der Waals surface area contributed by atoms with Crippen molar-refractivity contribution in [3.8, 4) is 5.75 Å². The van der Waals surface area contributed by atoms with Crippen molar-refractivity contribution >= 4 is 6.09 Å². The Morgan fingerprint density at radius 2 is 2.18 bits per heavy atom. The smallest absolute Gasteiger partial charge is 0.410 e. The lowest BCUT2D eigenvalue weighted by atomic mass is 10.2. The fourth-order valence-corrected chi connectivity index (χ4v) is 1.91. The molecule has 0 aliphatic carbocycles. The van der Waals surface area contributed by atoms with Crippen LogP contribution in [0.4, 0.5) is 4.79 Å². The molecule has 4 heteroatoms. The van der Waals surface area contributed by atoms with Crippen molar-refractivity contribution in [3.05, 3.63) is 29.8 Å². The van der Waals surface area contributed by atoms with Crippen LogP contribution in [0, 0.1) is 0 Å². The molecular formula is C13H18N2O2. The van der Waals surface area contributed by atoms with Gasteiger partial charge in [-0.3, -0.25) is 0 Å². The quantitative estimate of drug-likeness (QED) is 0.848. The lowest BCUT2D eigenvalue weighted by Crippen LogP contribution is -2.33. The Morgan fingerprint density at radius 1 is 1.47 bits per heavy atom. The van der Waals surface area contributed by atoms with Gasteiger partial charge in [-0.05, 0) is 30.5 Å². The van der Waals surface area contributed by atoms with Gasteiger partial charge >= 0.3 is 6.09 Å². The zero-order chi connectivity index (χ0) is 12.3. The van der Waals surface area contributed by atoms with E-state index in [1.165, 1.54) is 5.56 Å². The third kappa shape index (κ3) is 2.97. The highest BCUT2D eigenvalue weighted by Crippen LogP contribution is 2.15. The maximum absolute atomic E-state index is 11.8. The summed E-state index contributed by atoms with van der Waals surface area (Å²) in [6.07, 6.45) is 1.53. The first-order chi connectivity index (χ1) is 8.19. The third-order valence-electron chi connectivity index (χ3n) is 3.02. The van der Waals surface area contributed by atoms with Crippen LogP contribution in [0.2, 0.25) is 0 Å². The van der Waals surface area contributed by atoms with Crippen molar-refractivity contribution in [1.29, 1.82) is 0 Å². The summed E-state index contributed by atoms with van der Waals surface area (Å²) in [5, 5.41) is 0. The summed E-state index contributed by atoms with van der Waals surface area (Å²) in [7, 11) is 0. The fourth-order valence-electron chi connectivity index (χ4n) is 1.91. The number of hydrogen-bond donors (Lipinski definition) is 1. The number of carbonyl (C=O) groups is 1. The van der Waals surface area contributed by atoms with Gasteiger partial charge in [0.05, 0.1) is 0 Å². The first-order valence-corrected chi connectivity index (χ1v) is 6.00. The van der Waals surface area contributed by atoms with E-state index in [4.69, 9.17) is 10.5 Å². The first kappa shape index (κ1) is 11.9. The zero-order valence-corrected chi connectivity index (χ0v) is 10.1. The van der Waals surface area contributed by atoms with Crippen molar-refractivity contribution in [3.63, 3.8) is 0 Å². The minimum absolute atomic E-state index is 0.0880. The molecular weight excluding hydrogens is 216 g/mol. The minimum atomic E-state index is -0.304. The van der Waals surface area contributed by atoms with Gasteiger partial charge in [-0.25, -0.2) is 4.79 Å². The normalized spacial score (nSPS) is 19.4. The SMILES string of the molecule is CCc1ccc(OC(=O)N2CC[C@@H](N)C2)cc1. The van der Waals surface area contributed by atoms with Gasteiger partial charge in [-0.1, -0.05) is 19.1 Å². The standard InChI is InChI=1S/C13H18N2O2/c1-2-10-3-5-12(6-4-10)17-13(16)15-8-7-11(14)9-15/h3-6,11H,2,7-9,14H2,1H3/t11-/m1/s1. The number of likely N-dealkylation sites (tertiary alicyclic amines) is 1. The average Bonchev–Trinajstić information content (AvgIpc) is 2.77. The summed E-state index contributed by atoms with van der Waals surface area (Å²) in [4.78, 5) is 13.4. The monoisotopic (exact) mass is 234 g/mol. The number of benzene rings is 1. The molecule has 0 unspecified atom stereocenters. The van der Waals surface area contributed by atoms with Crippen LogP contribution in [0.25, 0.3) is 0 Å². The van der Waals surface area contributed by atoms with Gasteiger partial charge in [-0.2, -0.15) is 0 Å². The van der Waals surface area contributed by atoms with Crippen LogP contribution in [0.5, 0.6) is 5.75 Å². The van der Waals surface area contributed by atoms with Crippen LogP contribution in [0.15, 0.2) is 24.3 Å². The van der Waals surface area contributed by atoms with Crippen molar-refractivity contribution in [2.24, 2.45) is 5.73 Å². The van der Waals surface area contributed by atoms with Crippen molar-refractivity contribution in [1.82, 2.24) is 4.90 Å². The molecule has 92 valence electrons. The minimum Gasteiger partial charge on any atom is -0.410 e. The van der Waals surface area contributed by atoms with E-state index >= 15 is 0 Å². The van der Waals surface area contributed by atoms with E-state index in [2.05, 4.69) is 6.92 Å². The Labute approximate surface area is 101 Å². The lowest BCUT2D eigenvalue weighted by molar-refractivity contribution is 0.162. The van der Waals surface area contributed by atoms with Crippen LogP contribution in [-0.2, 0) is 6.42 Å². The molecule has 0 spiro atoms. The number of amides is 1. The number of nitrogens with zero attached hydrogens (tertiary/aromatic N) is 1. The number of aryl methyl sites for hydroxylation is 1. The van der Waals surface area contributed by atoms with E-state index in [1.54, 1.807) is 4.90 Å². The summed E-state index contributed by atoms with van der Waals surface area (Å²) in [5.41, 5.74) is 6.97.